The lowest BCUT2D eigenvalue weighted by Crippen LogP contribution is -2.65. The van der Waals surface area contributed by atoms with E-state index >= 15 is 0 Å². The van der Waals surface area contributed by atoms with Crippen LogP contribution < -0.4 is 11.2 Å². The lowest BCUT2D eigenvalue weighted by molar-refractivity contribution is -0.234. The van der Waals surface area contributed by atoms with E-state index in [4.69, 9.17) is 11.1 Å². The van der Waals surface area contributed by atoms with Gasteiger partial charge in [0.05, 0.1) is 17.3 Å². The highest BCUT2D eigenvalue weighted by Gasteiger charge is 2.71. The molecule has 7 nitrogen and oxygen atoms in total. The first-order valence-corrected chi connectivity index (χ1v) is 11.3. The Labute approximate surface area is 173 Å². The van der Waals surface area contributed by atoms with E-state index < -0.39 is 16.6 Å². The number of rotatable bonds is 3. The van der Waals surface area contributed by atoms with Crippen LogP contribution >= 0.6 is 0 Å². The molecule has 4 saturated carbocycles. The molecule has 0 aromatic carbocycles. The highest BCUT2D eigenvalue weighted by atomic mass is 16.3. The fourth-order valence-corrected chi connectivity index (χ4v) is 7.96. The van der Waals surface area contributed by atoms with Crippen LogP contribution in [0.4, 0.5) is 0 Å². The number of nitrogens with one attached hydrogen (secondary N) is 2. The molecule has 29 heavy (non-hydrogen) atoms. The summed E-state index contributed by atoms with van der Waals surface area (Å²) in [6.45, 7) is 4.47. The molecule has 4 aliphatic rings. The fraction of sp³-hybridized carbons (Fsp3) is 0.909. The van der Waals surface area contributed by atoms with E-state index in [9.17, 15) is 15.3 Å². The van der Waals surface area contributed by atoms with Gasteiger partial charge in [-0.15, -0.1) is 0 Å². The zero-order valence-electron chi connectivity index (χ0n) is 17.8. The molecule has 8 atom stereocenters. The molecule has 0 radical (unpaired) electrons. The van der Waals surface area contributed by atoms with Crippen LogP contribution in [-0.2, 0) is 0 Å². The van der Waals surface area contributed by atoms with Crippen LogP contribution in [0.25, 0.3) is 0 Å². The minimum Gasteiger partial charge on any atom is -0.393 e. The Morgan fingerprint density at radius 2 is 1.86 bits per heavy atom. The molecular weight excluding hydrogens is 368 g/mol. The minimum absolute atomic E-state index is 0.166. The van der Waals surface area contributed by atoms with Crippen molar-refractivity contribution >= 4 is 12.2 Å². The van der Waals surface area contributed by atoms with Gasteiger partial charge in [-0.25, -0.2) is 5.43 Å². The summed E-state index contributed by atoms with van der Waals surface area (Å²) in [6.07, 6.45) is 9.65. The van der Waals surface area contributed by atoms with Crippen LogP contribution in [0.2, 0.25) is 0 Å². The standard InChI is InChI=1S/C22H38N4O3/c1-19-7-5-15(27)13-14(19)3-4-17-16(19)6-8-20(2)21(28,9-10-22(17,20)29)11-12-25-26-18(23)24/h12,14-17,27-29H,3-11,13H2,1-2H3,(H4,23,24,26)/b25-12-/t14?,15?,16-,17-,19+,20-,21?,22-/m1/s1. The smallest absolute Gasteiger partial charge is 0.206 e. The molecule has 7 heteroatoms. The molecule has 4 aliphatic carbocycles. The van der Waals surface area contributed by atoms with E-state index in [1.807, 2.05) is 0 Å². The molecule has 4 fully saturated rings. The van der Waals surface area contributed by atoms with Crippen molar-refractivity contribution in [3.63, 3.8) is 0 Å². The zero-order valence-corrected chi connectivity index (χ0v) is 17.8. The number of hydrogen-bond acceptors (Lipinski definition) is 5. The maximum Gasteiger partial charge on any atom is 0.206 e. The van der Waals surface area contributed by atoms with Crippen LogP contribution in [0.5, 0.6) is 0 Å². The van der Waals surface area contributed by atoms with E-state index in [1.165, 1.54) is 0 Å². The molecule has 0 bridgehead atoms. The molecule has 3 unspecified atom stereocenters. The van der Waals surface area contributed by atoms with Crippen LogP contribution in [0.1, 0.15) is 78.1 Å². The first kappa shape index (κ1) is 21.1. The Hall–Kier alpha value is -1.18. The first-order chi connectivity index (χ1) is 13.6. The predicted octanol–water partition coefficient (Wildman–Crippen LogP) is 2.09. The predicted molar refractivity (Wildman–Crippen MR) is 112 cm³/mol. The number of fused-ring (bicyclic) bond motifs is 5. The second-order valence-electron chi connectivity index (χ2n) is 10.8. The fourth-order valence-electron chi connectivity index (χ4n) is 7.96. The van der Waals surface area contributed by atoms with E-state index in [1.54, 1.807) is 6.21 Å². The number of aliphatic hydroxyl groups excluding tert-OH is 1. The quantitative estimate of drug-likeness (QED) is 0.242. The summed E-state index contributed by atoms with van der Waals surface area (Å²) in [5, 5.41) is 45.0. The largest absolute Gasteiger partial charge is 0.393 e. The monoisotopic (exact) mass is 406 g/mol. The second kappa shape index (κ2) is 6.92. The molecule has 0 aromatic rings. The Morgan fingerprint density at radius 3 is 2.59 bits per heavy atom. The maximum atomic E-state index is 12.1. The van der Waals surface area contributed by atoms with Crippen molar-refractivity contribution in [1.29, 1.82) is 5.41 Å². The Bertz CT molecular complexity index is 702. The van der Waals surface area contributed by atoms with E-state index in [0.717, 1.165) is 44.9 Å². The summed E-state index contributed by atoms with van der Waals surface area (Å²) in [4.78, 5) is 0. The van der Waals surface area contributed by atoms with Gasteiger partial charge in [0.1, 0.15) is 0 Å². The molecular formula is C22H38N4O3. The van der Waals surface area contributed by atoms with Crippen LogP contribution in [-0.4, -0.2) is 44.8 Å². The molecule has 0 spiro atoms. The molecule has 0 heterocycles. The van der Waals surface area contributed by atoms with Gasteiger partial charge in [-0.2, -0.15) is 5.10 Å². The minimum atomic E-state index is -1.00. The molecule has 4 rings (SSSR count). The van der Waals surface area contributed by atoms with Crippen molar-refractivity contribution in [2.24, 2.45) is 39.4 Å². The third-order valence-corrected chi connectivity index (χ3v) is 9.84. The van der Waals surface area contributed by atoms with Crippen molar-refractivity contribution < 1.29 is 15.3 Å². The van der Waals surface area contributed by atoms with Gasteiger partial charge in [0.25, 0.3) is 0 Å². The average Bonchev–Trinajstić information content (AvgIpc) is 2.87. The molecule has 0 aromatic heterocycles. The number of guanidine groups is 1. The Kier molecular flexibility index (Phi) is 5.03. The lowest BCUT2D eigenvalue weighted by atomic mass is 9.43. The summed E-state index contributed by atoms with van der Waals surface area (Å²) in [5.74, 6) is 0.984. The second-order valence-corrected chi connectivity index (χ2v) is 10.8. The highest BCUT2D eigenvalue weighted by Crippen LogP contribution is 2.70. The average molecular weight is 407 g/mol. The molecule has 7 N–H and O–H groups in total. The third kappa shape index (κ3) is 2.95. The summed E-state index contributed by atoms with van der Waals surface area (Å²) >= 11 is 0. The number of hydrazone groups is 1. The summed E-state index contributed by atoms with van der Waals surface area (Å²) in [6, 6.07) is 0. The highest BCUT2D eigenvalue weighted by molar-refractivity contribution is 5.75. The van der Waals surface area contributed by atoms with Gasteiger partial charge < -0.3 is 21.1 Å². The molecule has 0 amide bonds. The van der Waals surface area contributed by atoms with Gasteiger partial charge in [-0.05, 0) is 81.0 Å². The van der Waals surface area contributed by atoms with E-state index in [0.29, 0.717) is 31.1 Å². The van der Waals surface area contributed by atoms with Crippen LogP contribution in [0, 0.1) is 34.0 Å². The van der Waals surface area contributed by atoms with Gasteiger partial charge in [0.2, 0.25) is 5.96 Å². The number of aliphatic hydroxyl groups is 3. The number of hydrogen-bond donors (Lipinski definition) is 6. The number of nitrogens with two attached hydrogens (primary N) is 1. The van der Waals surface area contributed by atoms with Crippen molar-refractivity contribution in [2.75, 3.05) is 0 Å². The summed E-state index contributed by atoms with van der Waals surface area (Å²) in [7, 11) is 0. The third-order valence-electron chi connectivity index (χ3n) is 9.84. The molecule has 0 saturated heterocycles. The summed E-state index contributed by atoms with van der Waals surface area (Å²) < 4.78 is 0. The zero-order chi connectivity index (χ0) is 21.1. The normalized spacial score (nSPS) is 51.9. The SMILES string of the molecule is C[C@]12CCC(O)CC1CC[C@@H]1[C@H]2CC[C@]2(C)C(O)(C/C=N\NC(=N)N)CC[C@@]12O. The van der Waals surface area contributed by atoms with Crippen LogP contribution in [0.3, 0.4) is 0 Å². The van der Waals surface area contributed by atoms with Gasteiger partial charge >= 0.3 is 0 Å². The van der Waals surface area contributed by atoms with Crippen LogP contribution in [0.15, 0.2) is 5.10 Å². The van der Waals surface area contributed by atoms with Gasteiger partial charge in [-0.3, -0.25) is 5.41 Å². The number of nitrogens with zero attached hydrogens (tertiary/aromatic N) is 1. The van der Waals surface area contributed by atoms with Gasteiger partial charge in [-0.1, -0.05) is 13.8 Å². The Morgan fingerprint density at radius 1 is 1.10 bits per heavy atom. The van der Waals surface area contributed by atoms with E-state index in [2.05, 4.69) is 24.4 Å². The van der Waals surface area contributed by atoms with Gasteiger partial charge in [0, 0.05) is 18.1 Å². The molecule has 164 valence electrons. The maximum absolute atomic E-state index is 12.1. The van der Waals surface area contributed by atoms with Crippen molar-refractivity contribution in [1.82, 2.24) is 5.43 Å². The first-order valence-electron chi connectivity index (χ1n) is 11.3. The Balaban J connectivity index is 1.58. The van der Waals surface area contributed by atoms with Gasteiger partial charge in [0.15, 0.2) is 0 Å². The molecule has 0 aliphatic heterocycles. The van der Waals surface area contributed by atoms with Crippen molar-refractivity contribution in [3.8, 4) is 0 Å². The van der Waals surface area contributed by atoms with Crippen molar-refractivity contribution in [3.05, 3.63) is 0 Å². The lowest BCUT2D eigenvalue weighted by Gasteiger charge is -2.64. The summed E-state index contributed by atoms with van der Waals surface area (Å²) in [5.41, 5.74) is 5.41. The van der Waals surface area contributed by atoms with Crippen molar-refractivity contribution in [2.45, 2.75) is 95.4 Å². The topological polar surface area (TPSA) is 135 Å². The van der Waals surface area contributed by atoms with E-state index in [-0.39, 0.29) is 23.4 Å².